The Balaban J connectivity index is 1.25. The molecule has 12 N–H and O–H groups in total. The third kappa shape index (κ3) is 8.29. The van der Waals surface area contributed by atoms with Crippen molar-refractivity contribution in [2.24, 2.45) is 0 Å². The Morgan fingerprint density at radius 3 is 1.98 bits per heavy atom. The van der Waals surface area contributed by atoms with Gasteiger partial charge in [-0.1, -0.05) is 6.07 Å². The fourth-order valence-corrected chi connectivity index (χ4v) is 5.81. The molecule has 6 rings (SSSR count). The van der Waals surface area contributed by atoms with Gasteiger partial charge in [0.05, 0.1) is 18.2 Å². The zero-order valence-corrected chi connectivity index (χ0v) is 28.3. The summed E-state index contributed by atoms with van der Waals surface area (Å²) in [5.74, 6) is -3.92. The lowest BCUT2D eigenvalue weighted by Crippen LogP contribution is -2.60. The topological polar surface area (TPSA) is 317 Å². The number of aliphatic hydroxyl groups is 7. The van der Waals surface area contributed by atoms with E-state index in [1.807, 2.05) is 0 Å². The van der Waals surface area contributed by atoms with Gasteiger partial charge >= 0.3 is 17.3 Å². The Bertz CT molecular complexity index is 2050. The van der Waals surface area contributed by atoms with E-state index < -0.39 is 104 Å². The van der Waals surface area contributed by atoms with Crippen LogP contribution in [0.4, 0.5) is 0 Å². The standard InChI is InChI=1S/C36H36O19/c37-12-25-28(44)30(46)32(48)36(54-25)53-24-11-17-20(41)9-16(38)10-22(17)51-34(24)15-3-5-19(40)23(8-15)52-35-33(49)31(47)29(45)26(55-35)13-50-27(43)6-2-14-1-4-18(39)21(42)7-14/h1-11,25-26,28-33,35-37,44-49H,12-13H2,(H4-,38,39,40,41,42,43)/p+1. The summed E-state index contributed by atoms with van der Waals surface area (Å²) in [4.78, 5) is 12.4. The van der Waals surface area contributed by atoms with E-state index >= 15 is 0 Å². The number of aliphatic hydroxyl groups excluding tert-OH is 7. The highest BCUT2D eigenvalue weighted by molar-refractivity contribution is 5.89. The molecule has 0 aliphatic carbocycles. The van der Waals surface area contributed by atoms with Crippen molar-refractivity contribution in [2.45, 2.75) is 61.4 Å². The predicted molar refractivity (Wildman–Crippen MR) is 183 cm³/mol. The first kappa shape index (κ1) is 39.2. The maximum Gasteiger partial charge on any atom is 0.402 e. The van der Waals surface area contributed by atoms with Gasteiger partial charge in [-0.15, -0.1) is 0 Å². The summed E-state index contributed by atoms with van der Waals surface area (Å²) in [6.45, 7) is -1.40. The third-order valence-corrected chi connectivity index (χ3v) is 8.84. The minimum atomic E-state index is -1.91. The highest BCUT2D eigenvalue weighted by Crippen LogP contribution is 2.43. The SMILES string of the molecule is O=C(C=Cc1ccc(O)c(O)c1)OCC1OC(Oc2cc(-c3[o+]c4cc(O)cc(O)c4cc3OC3OC(CO)C(O)C(O)C3O)ccc2O)C(O)C(O)C1O. The van der Waals surface area contributed by atoms with Gasteiger partial charge in [-0.25, -0.2) is 9.21 Å². The van der Waals surface area contributed by atoms with Crippen LogP contribution in [0.5, 0.6) is 40.2 Å². The Morgan fingerprint density at radius 2 is 1.31 bits per heavy atom. The molecule has 19 nitrogen and oxygen atoms in total. The number of benzene rings is 3. The first-order valence-corrected chi connectivity index (χ1v) is 16.5. The molecule has 55 heavy (non-hydrogen) atoms. The normalized spacial score (nSPS) is 28.3. The Morgan fingerprint density at radius 1 is 0.673 bits per heavy atom. The molecule has 294 valence electrons. The van der Waals surface area contributed by atoms with E-state index in [0.29, 0.717) is 5.56 Å². The van der Waals surface area contributed by atoms with Crippen LogP contribution in [0.3, 0.4) is 0 Å². The monoisotopic (exact) mass is 773 g/mol. The quantitative estimate of drug-likeness (QED) is 0.0419. The molecular formula is C36H37O19+. The summed E-state index contributed by atoms with van der Waals surface area (Å²) in [5.41, 5.74) is 0.304. The molecule has 0 bridgehead atoms. The number of hydrogen-bond acceptors (Lipinski definition) is 18. The summed E-state index contributed by atoms with van der Waals surface area (Å²) >= 11 is 0. The van der Waals surface area contributed by atoms with Gasteiger partial charge in [0, 0.05) is 24.3 Å². The van der Waals surface area contributed by atoms with Crippen molar-refractivity contribution in [2.75, 3.05) is 13.2 Å². The van der Waals surface area contributed by atoms with Crippen molar-refractivity contribution < 1.29 is 94.2 Å². The number of phenols is 5. The molecule has 2 aliphatic heterocycles. The third-order valence-electron chi connectivity index (χ3n) is 8.84. The summed E-state index contributed by atoms with van der Waals surface area (Å²) in [7, 11) is 0. The van der Waals surface area contributed by atoms with Crippen molar-refractivity contribution in [3.63, 3.8) is 0 Å². The lowest BCUT2D eigenvalue weighted by Gasteiger charge is -2.39. The van der Waals surface area contributed by atoms with E-state index in [-0.39, 0.29) is 39.5 Å². The van der Waals surface area contributed by atoms with Crippen molar-refractivity contribution in [3.8, 4) is 51.6 Å². The van der Waals surface area contributed by atoms with Crippen LogP contribution in [0.25, 0.3) is 28.4 Å². The van der Waals surface area contributed by atoms with Crippen molar-refractivity contribution in [1.82, 2.24) is 0 Å². The zero-order valence-electron chi connectivity index (χ0n) is 28.3. The molecule has 2 saturated heterocycles. The number of ether oxygens (including phenoxy) is 5. The summed E-state index contributed by atoms with van der Waals surface area (Å²) in [6, 6.07) is 10.8. The maximum absolute atomic E-state index is 12.4. The average Bonchev–Trinajstić information content (AvgIpc) is 3.15. The molecule has 0 spiro atoms. The first-order valence-electron chi connectivity index (χ1n) is 16.5. The van der Waals surface area contributed by atoms with Gasteiger partial charge < -0.3 is 85.0 Å². The number of carbonyl (C=O) groups excluding carboxylic acids is 1. The molecule has 10 unspecified atom stereocenters. The minimum Gasteiger partial charge on any atom is -0.507 e. The zero-order chi connectivity index (χ0) is 39.7. The Kier molecular flexibility index (Phi) is 11.5. The largest absolute Gasteiger partial charge is 0.507 e. The van der Waals surface area contributed by atoms with Crippen LogP contribution in [0, 0.1) is 0 Å². The molecule has 19 heteroatoms. The molecule has 0 radical (unpaired) electrons. The molecule has 10 atom stereocenters. The minimum absolute atomic E-state index is 0.00421. The number of carbonyl (C=O) groups is 1. The molecule has 0 saturated carbocycles. The second kappa shape index (κ2) is 16.1. The highest BCUT2D eigenvalue weighted by Gasteiger charge is 2.47. The summed E-state index contributed by atoms with van der Waals surface area (Å²) in [6.07, 6.45) is -15.0. The van der Waals surface area contributed by atoms with Crippen LogP contribution >= 0.6 is 0 Å². The Labute approximate surface area is 309 Å². The number of rotatable bonds is 10. The molecule has 3 aromatic carbocycles. The van der Waals surface area contributed by atoms with Gasteiger partial charge in [0.1, 0.15) is 72.3 Å². The molecule has 1 aromatic heterocycles. The van der Waals surface area contributed by atoms with Crippen LogP contribution in [0.2, 0.25) is 0 Å². The van der Waals surface area contributed by atoms with Crippen LogP contribution in [0.1, 0.15) is 5.56 Å². The maximum atomic E-state index is 12.4. The summed E-state index contributed by atoms with van der Waals surface area (Å²) in [5, 5.41) is 123. The van der Waals surface area contributed by atoms with Crippen LogP contribution < -0.4 is 9.47 Å². The predicted octanol–water partition coefficient (Wildman–Crippen LogP) is -0.469. The summed E-state index contributed by atoms with van der Waals surface area (Å²) < 4.78 is 33.8. The second-order valence-electron chi connectivity index (χ2n) is 12.7. The smallest absolute Gasteiger partial charge is 0.402 e. The van der Waals surface area contributed by atoms with Crippen molar-refractivity contribution in [3.05, 3.63) is 66.2 Å². The van der Waals surface area contributed by atoms with Gasteiger partial charge in [0.2, 0.25) is 18.3 Å². The molecular weight excluding hydrogens is 736 g/mol. The van der Waals surface area contributed by atoms with E-state index in [1.54, 1.807) is 0 Å². The fourth-order valence-electron chi connectivity index (χ4n) is 5.81. The Hall–Kier alpha value is -5.48. The van der Waals surface area contributed by atoms with Gasteiger partial charge in [-0.2, -0.15) is 0 Å². The van der Waals surface area contributed by atoms with Crippen molar-refractivity contribution >= 4 is 23.0 Å². The molecule has 0 amide bonds. The molecule has 2 fully saturated rings. The number of phenolic OH excluding ortho intramolecular Hbond substituents is 5. The number of hydrogen-bond donors (Lipinski definition) is 12. The lowest BCUT2D eigenvalue weighted by atomic mass is 9.99. The molecule has 2 aliphatic rings. The van der Waals surface area contributed by atoms with Gasteiger partial charge in [-0.3, -0.25) is 0 Å². The van der Waals surface area contributed by atoms with E-state index in [0.717, 1.165) is 30.3 Å². The van der Waals surface area contributed by atoms with Crippen LogP contribution in [-0.2, 0) is 19.0 Å². The van der Waals surface area contributed by atoms with Crippen molar-refractivity contribution in [1.29, 1.82) is 0 Å². The van der Waals surface area contributed by atoms with Crippen LogP contribution in [-0.4, -0.2) is 142 Å². The molecule has 4 aromatic rings. The van der Waals surface area contributed by atoms with E-state index in [4.69, 9.17) is 28.1 Å². The van der Waals surface area contributed by atoms with Gasteiger partial charge in [-0.05, 0) is 35.9 Å². The van der Waals surface area contributed by atoms with Gasteiger partial charge in [0.15, 0.2) is 23.0 Å². The first-order chi connectivity index (χ1) is 26.1. The van der Waals surface area contributed by atoms with E-state index in [2.05, 4.69) is 0 Å². The average molecular weight is 774 g/mol. The van der Waals surface area contributed by atoms with E-state index in [1.165, 1.54) is 36.4 Å². The number of fused-ring (bicyclic) bond motifs is 1. The number of aromatic hydroxyl groups is 5. The number of esters is 1. The highest BCUT2D eigenvalue weighted by atomic mass is 16.7. The van der Waals surface area contributed by atoms with E-state index in [9.17, 15) is 66.1 Å². The lowest BCUT2D eigenvalue weighted by molar-refractivity contribution is -0.278. The second-order valence-corrected chi connectivity index (χ2v) is 12.7. The molecule has 3 heterocycles. The van der Waals surface area contributed by atoms with Crippen LogP contribution in [0.15, 0.2) is 65.1 Å². The fraction of sp³-hybridized carbons (Fsp3) is 0.333. The van der Waals surface area contributed by atoms with Gasteiger partial charge in [0.25, 0.3) is 0 Å².